The molecule has 0 unspecified atom stereocenters. The van der Waals surface area contributed by atoms with Crippen molar-refractivity contribution in [3.05, 3.63) is 24.8 Å². The van der Waals surface area contributed by atoms with Crippen LogP contribution in [-0.2, 0) is 0 Å². The number of nitrogens with two attached hydrogens (primary N) is 1. The lowest BCUT2D eigenvalue weighted by Gasteiger charge is -2.08. The first-order valence-corrected chi connectivity index (χ1v) is 5.95. The molecular weight excluding hydrogens is 214 g/mol. The van der Waals surface area contributed by atoms with Crippen molar-refractivity contribution in [1.82, 2.24) is 19.7 Å². The molecule has 0 atom stereocenters. The minimum absolute atomic E-state index is 0.503. The second kappa shape index (κ2) is 4.16. The monoisotopic (exact) mass is 229 g/mol. The van der Waals surface area contributed by atoms with Gasteiger partial charge in [0.05, 0.1) is 17.9 Å². The average molecular weight is 229 g/mol. The van der Waals surface area contributed by atoms with Crippen LogP contribution in [0.15, 0.2) is 24.8 Å². The zero-order valence-corrected chi connectivity index (χ0v) is 9.58. The van der Waals surface area contributed by atoms with Gasteiger partial charge in [-0.2, -0.15) is 5.10 Å². The maximum Gasteiger partial charge on any atom is 0.135 e. The van der Waals surface area contributed by atoms with Gasteiger partial charge in [-0.3, -0.25) is 14.6 Å². The Morgan fingerprint density at radius 1 is 1.24 bits per heavy atom. The number of rotatable bonds is 2. The summed E-state index contributed by atoms with van der Waals surface area (Å²) in [6, 6.07) is 0.503. The highest BCUT2D eigenvalue weighted by molar-refractivity contribution is 5.68. The molecule has 1 fully saturated rings. The van der Waals surface area contributed by atoms with Crippen LogP contribution in [0, 0.1) is 0 Å². The van der Waals surface area contributed by atoms with E-state index in [2.05, 4.69) is 15.1 Å². The van der Waals surface area contributed by atoms with E-state index in [0.29, 0.717) is 11.7 Å². The van der Waals surface area contributed by atoms with Gasteiger partial charge >= 0.3 is 0 Å². The fourth-order valence-electron chi connectivity index (χ4n) is 2.38. The van der Waals surface area contributed by atoms with Crippen molar-refractivity contribution in [3.63, 3.8) is 0 Å². The van der Waals surface area contributed by atoms with Gasteiger partial charge in [-0.05, 0) is 12.8 Å². The molecule has 0 spiro atoms. The van der Waals surface area contributed by atoms with Crippen molar-refractivity contribution in [2.45, 2.75) is 31.7 Å². The molecule has 2 N–H and O–H groups in total. The lowest BCUT2D eigenvalue weighted by Crippen LogP contribution is -2.05. The highest BCUT2D eigenvalue weighted by Crippen LogP contribution is 2.31. The van der Waals surface area contributed by atoms with Gasteiger partial charge in [0.2, 0.25) is 0 Å². The maximum atomic E-state index is 5.99. The first kappa shape index (κ1) is 10.3. The van der Waals surface area contributed by atoms with E-state index in [1.54, 1.807) is 18.6 Å². The topological polar surface area (TPSA) is 69.6 Å². The van der Waals surface area contributed by atoms with Crippen molar-refractivity contribution in [2.75, 3.05) is 5.73 Å². The summed E-state index contributed by atoms with van der Waals surface area (Å²) < 4.78 is 1.99. The van der Waals surface area contributed by atoms with Crippen LogP contribution in [0.2, 0.25) is 0 Å². The highest BCUT2D eigenvalue weighted by atomic mass is 15.3. The van der Waals surface area contributed by atoms with Gasteiger partial charge < -0.3 is 5.73 Å². The van der Waals surface area contributed by atoms with Crippen LogP contribution in [0.25, 0.3) is 11.4 Å². The van der Waals surface area contributed by atoms with Crippen molar-refractivity contribution in [3.8, 4) is 11.4 Å². The summed E-state index contributed by atoms with van der Waals surface area (Å²) in [6.07, 6.45) is 11.9. The van der Waals surface area contributed by atoms with E-state index in [9.17, 15) is 0 Å². The van der Waals surface area contributed by atoms with Crippen LogP contribution in [0.5, 0.6) is 0 Å². The normalized spacial score (nSPS) is 16.5. The largest absolute Gasteiger partial charge is 0.396 e. The summed E-state index contributed by atoms with van der Waals surface area (Å²) in [6.45, 7) is 0. The molecule has 2 heterocycles. The highest BCUT2D eigenvalue weighted by Gasteiger charge is 2.20. The number of nitrogen functional groups attached to an aromatic ring is 1. The molecule has 0 saturated heterocycles. The second-order valence-corrected chi connectivity index (χ2v) is 4.44. The molecular formula is C12H15N5. The molecule has 3 rings (SSSR count). The van der Waals surface area contributed by atoms with Crippen molar-refractivity contribution in [1.29, 1.82) is 0 Å². The van der Waals surface area contributed by atoms with Crippen molar-refractivity contribution >= 4 is 5.69 Å². The summed E-state index contributed by atoms with van der Waals surface area (Å²) in [5, 5.41) is 4.55. The quantitative estimate of drug-likeness (QED) is 0.855. The number of hydrogen-bond donors (Lipinski definition) is 1. The Balaban J connectivity index is 1.96. The Morgan fingerprint density at radius 3 is 2.76 bits per heavy atom. The smallest absolute Gasteiger partial charge is 0.135 e. The van der Waals surface area contributed by atoms with Crippen LogP contribution in [0.1, 0.15) is 31.7 Å². The van der Waals surface area contributed by atoms with E-state index >= 15 is 0 Å². The zero-order valence-electron chi connectivity index (χ0n) is 9.58. The van der Waals surface area contributed by atoms with Gasteiger partial charge in [-0.15, -0.1) is 0 Å². The summed E-state index contributed by atoms with van der Waals surface area (Å²) >= 11 is 0. The fraction of sp³-hybridized carbons (Fsp3) is 0.417. The number of aromatic nitrogens is 4. The molecule has 5 nitrogen and oxygen atoms in total. The predicted molar refractivity (Wildman–Crippen MR) is 65.2 cm³/mol. The lowest BCUT2D eigenvalue weighted by molar-refractivity contribution is 0.468. The standard InChI is InChI=1S/C12H15N5/c13-10-8-17(9-3-1-2-4-9)16-12(10)11-7-14-5-6-15-11/h5-9H,1-4,13H2. The average Bonchev–Trinajstić information content (AvgIpc) is 2.99. The summed E-state index contributed by atoms with van der Waals surface area (Å²) in [5.74, 6) is 0. The van der Waals surface area contributed by atoms with E-state index < -0.39 is 0 Å². The van der Waals surface area contributed by atoms with Crippen LogP contribution >= 0.6 is 0 Å². The first-order valence-electron chi connectivity index (χ1n) is 5.95. The Hall–Kier alpha value is -1.91. The minimum atomic E-state index is 0.503. The molecule has 2 aromatic rings. The zero-order chi connectivity index (χ0) is 11.7. The van der Waals surface area contributed by atoms with Crippen LogP contribution in [-0.4, -0.2) is 19.7 Å². The lowest BCUT2D eigenvalue weighted by atomic mass is 10.2. The molecule has 1 aliphatic rings. The Morgan fingerprint density at radius 2 is 2.06 bits per heavy atom. The Kier molecular flexibility index (Phi) is 2.51. The second-order valence-electron chi connectivity index (χ2n) is 4.44. The van der Waals surface area contributed by atoms with Crippen molar-refractivity contribution < 1.29 is 0 Å². The van der Waals surface area contributed by atoms with E-state index in [0.717, 1.165) is 11.4 Å². The molecule has 88 valence electrons. The van der Waals surface area contributed by atoms with Gasteiger partial charge in [0.25, 0.3) is 0 Å². The maximum absolute atomic E-state index is 5.99. The van der Waals surface area contributed by atoms with E-state index in [1.807, 2.05) is 10.9 Å². The van der Waals surface area contributed by atoms with Gasteiger partial charge in [0, 0.05) is 18.6 Å². The van der Waals surface area contributed by atoms with Gasteiger partial charge in [0.15, 0.2) is 0 Å². The summed E-state index contributed by atoms with van der Waals surface area (Å²) in [7, 11) is 0. The van der Waals surface area contributed by atoms with Gasteiger partial charge in [-0.25, -0.2) is 0 Å². The van der Waals surface area contributed by atoms with Crippen molar-refractivity contribution in [2.24, 2.45) is 0 Å². The van der Waals surface area contributed by atoms with Gasteiger partial charge in [-0.1, -0.05) is 12.8 Å². The molecule has 1 aliphatic carbocycles. The molecule has 0 bridgehead atoms. The Bertz CT molecular complexity index is 499. The number of nitrogens with zero attached hydrogens (tertiary/aromatic N) is 4. The van der Waals surface area contributed by atoms with Crippen LogP contribution < -0.4 is 5.73 Å². The number of hydrogen-bond acceptors (Lipinski definition) is 4. The third kappa shape index (κ3) is 1.88. The SMILES string of the molecule is Nc1cn(C2CCCC2)nc1-c1cnccn1. The van der Waals surface area contributed by atoms with Gasteiger partial charge in [0.1, 0.15) is 11.4 Å². The molecule has 2 aromatic heterocycles. The summed E-state index contributed by atoms with van der Waals surface area (Å²) in [5.41, 5.74) is 8.15. The van der Waals surface area contributed by atoms with Crippen LogP contribution in [0.4, 0.5) is 5.69 Å². The molecule has 0 amide bonds. The van der Waals surface area contributed by atoms with Crippen LogP contribution in [0.3, 0.4) is 0 Å². The Labute approximate surface area is 99.7 Å². The third-order valence-corrected chi connectivity index (χ3v) is 3.26. The number of anilines is 1. The first-order chi connectivity index (χ1) is 8.34. The van der Waals surface area contributed by atoms with E-state index in [1.165, 1.54) is 25.7 Å². The molecule has 0 aliphatic heterocycles. The molecule has 0 radical (unpaired) electrons. The molecule has 0 aromatic carbocycles. The third-order valence-electron chi connectivity index (χ3n) is 3.26. The molecule has 5 heteroatoms. The summed E-state index contributed by atoms with van der Waals surface area (Å²) in [4.78, 5) is 8.27. The minimum Gasteiger partial charge on any atom is -0.396 e. The predicted octanol–water partition coefficient (Wildman–Crippen LogP) is 2.04. The molecule has 17 heavy (non-hydrogen) atoms. The van der Waals surface area contributed by atoms with E-state index in [-0.39, 0.29) is 0 Å². The van der Waals surface area contributed by atoms with E-state index in [4.69, 9.17) is 5.73 Å². The fourth-order valence-corrected chi connectivity index (χ4v) is 2.38. The molecule has 1 saturated carbocycles.